The van der Waals surface area contributed by atoms with E-state index in [1.165, 1.54) is 17.0 Å². The van der Waals surface area contributed by atoms with Gasteiger partial charge in [-0.25, -0.2) is 0 Å². The zero-order chi connectivity index (χ0) is 10.1. The van der Waals surface area contributed by atoms with Crippen molar-refractivity contribution in [2.45, 2.75) is 26.2 Å². The van der Waals surface area contributed by atoms with Crippen LogP contribution in [-0.4, -0.2) is 9.78 Å². The van der Waals surface area contributed by atoms with Crippen molar-refractivity contribution in [2.75, 3.05) is 0 Å². The van der Waals surface area contributed by atoms with E-state index in [0.29, 0.717) is 5.92 Å². The Bertz CT molecular complexity index is 394. The van der Waals surface area contributed by atoms with Gasteiger partial charge in [0.15, 0.2) is 0 Å². The zero-order valence-corrected chi connectivity index (χ0v) is 8.99. The summed E-state index contributed by atoms with van der Waals surface area (Å²) < 4.78 is 1.98. The molecule has 2 nitrogen and oxygen atoms in total. The minimum absolute atomic E-state index is 0.505. The molecule has 0 aliphatic heterocycles. The summed E-state index contributed by atoms with van der Waals surface area (Å²) in [6.45, 7) is 4.35. The summed E-state index contributed by atoms with van der Waals surface area (Å²) in [6.07, 6.45) is 7.49. The molecule has 0 bridgehead atoms. The molecule has 0 fully saturated rings. The van der Waals surface area contributed by atoms with Crippen molar-refractivity contribution < 1.29 is 0 Å². The highest BCUT2D eigenvalue weighted by Crippen LogP contribution is 2.25. The molecule has 1 aliphatic carbocycles. The number of hydrogen-bond donors (Lipinski definition) is 0. The molecule has 0 N–H and O–H groups in total. The Morgan fingerprint density at radius 3 is 2.71 bits per heavy atom. The summed E-state index contributed by atoms with van der Waals surface area (Å²) >= 11 is 0. The first-order valence-corrected chi connectivity index (χ1v) is 5.08. The van der Waals surface area contributed by atoms with E-state index in [1.807, 2.05) is 11.7 Å². The van der Waals surface area contributed by atoms with E-state index in [2.05, 4.69) is 43.2 Å². The molecule has 0 atom stereocenters. The van der Waals surface area contributed by atoms with Crippen LogP contribution in [0, 0.1) is 0 Å². The maximum atomic E-state index is 4.50. The number of nitrogens with zero attached hydrogens (tertiary/aromatic N) is 2. The van der Waals surface area contributed by atoms with E-state index in [9.17, 15) is 0 Å². The van der Waals surface area contributed by atoms with E-state index in [4.69, 9.17) is 0 Å². The van der Waals surface area contributed by atoms with Gasteiger partial charge in [-0.05, 0) is 24.0 Å². The second-order valence-electron chi connectivity index (χ2n) is 4.06. The molecule has 0 saturated carbocycles. The van der Waals surface area contributed by atoms with Crippen LogP contribution >= 0.6 is 0 Å². The third-order valence-corrected chi connectivity index (χ3v) is 2.59. The Morgan fingerprint density at radius 1 is 1.43 bits per heavy atom. The molecule has 1 aromatic rings. The van der Waals surface area contributed by atoms with Gasteiger partial charge < -0.3 is 0 Å². The predicted molar refractivity (Wildman–Crippen MR) is 59.0 cm³/mol. The van der Waals surface area contributed by atoms with Crippen LogP contribution in [0.5, 0.6) is 0 Å². The van der Waals surface area contributed by atoms with Crippen LogP contribution < -0.4 is 0 Å². The van der Waals surface area contributed by atoms with Gasteiger partial charge in [0.05, 0.1) is 11.4 Å². The van der Waals surface area contributed by atoms with E-state index in [1.54, 1.807) is 0 Å². The fourth-order valence-electron chi connectivity index (χ4n) is 1.71. The van der Waals surface area contributed by atoms with Crippen LogP contribution in [0.25, 0.3) is 5.57 Å². The van der Waals surface area contributed by atoms with Crippen molar-refractivity contribution in [2.24, 2.45) is 7.05 Å². The maximum absolute atomic E-state index is 4.50. The number of hydrogen-bond acceptors (Lipinski definition) is 1. The fraction of sp³-hybridized carbons (Fsp3) is 0.417. The van der Waals surface area contributed by atoms with Crippen LogP contribution in [0.1, 0.15) is 37.6 Å². The average molecular weight is 188 g/mol. The van der Waals surface area contributed by atoms with E-state index >= 15 is 0 Å². The van der Waals surface area contributed by atoms with Crippen molar-refractivity contribution in [3.63, 3.8) is 0 Å². The number of aryl methyl sites for hydroxylation is 1. The van der Waals surface area contributed by atoms with Crippen LogP contribution in [0.3, 0.4) is 0 Å². The fourth-order valence-corrected chi connectivity index (χ4v) is 1.71. The Morgan fingerprint density at radius 2 is 2.21 bits per heavy atom. The van der Waals surface area contributed by atoms with Gasteiger partial charge in [0.2, 0.25) is 0 Å². The smallest absolute Gasteiger partial charge is 0.0656 e. The molecule has 0 saturated heterocycles. The molecule has 2 heteroatoms. The van der Waals surface area contributed by atoms with Crippen molar-refractivity contribution in [3.05, 3.63) is 35.7 Å². The second kappa shape index (κ2) is 3.45. The first-order chi connectivity index (χ1) is 6.68. The number of aromatic nitrogens is 2. The summed E-state index contributed by atoms with van der Waals surface area (Å²) in [4.78, 5) is 0. The molecule has 0 radical (unpaired) electrons. The largest absolute Gasteiger partial charge is 0.268 e. The SMILES string of the molecule is CC(C)c1cc(C2=CC=CC2)n(C)n1. The monoisotopic (exact) mass is 188 g/mol. The van der Waals surface area contributed by atoms with E-state index in [0.717, 1.165) is 6.42 Å². The molecule has 74 valence electrons. The standard InChI is InChI=1S/C12H16N2/c1-9(2)11-8-12(14(3)13-11)10-6-4-5-7-10/h4-6,8-9H,7H2,1-3H3. The summed E-state index contributed by atoms with van der Waals surface area (Å²) in [5.41, 5.74) is 3.79. The summed E-state index contributed by atoms with van der Waals surface area (Å²) in [7, 11) is 2.01. The predicted octanol–water partition coefficient (Wildman–Crippen LogP) is 2.89. The van der Waals surface area contributed by atoms with Crippen LogP contribution in [0.2, 0.25) is 0 Å². The molecule has 1 aromatic heterocycles. The minimum atomic E-state index is 0.505. The molecule has 0 amide bonds. The molecular formula is C12H16N2. The molecule has 1 heterocycles. The molecule has 0 unspecified atom stereocenters. The first-order valence-electron chi connectivity index (χ1n) is 5.08. The molecule has 0 aromatic carbocycles. The van der Waals surface area contributed by atoms with Gasteiger partial charge in [-0.1, -0.05) is 32.1 Å². The van der Waals surface area contributed by atoms with Crippen molar-refractivity contribution >= 4 is 5.57 Å². The lowest BCUT2D eigenvalue weighted by molar-refractivity contribution is 0.706. The van der Waals surface area contributed by atoms with Crippen LogP contribution in [-0.2, 0) is 7.05 Å². The molecular weight excluding hydrogens is 172 g/mol. The summed E-state index contributed by atoms with van der Waals surface area (Å²) in [5.74, 6) is 0.505. The highest BCUT2D eigenvalue weighted by Gasteiger charge is 2.12. The lowest BCUT2D eigenvalue weighted by atomic mass is 10.1. The van der Waals surface area contributed by atoms with Gasteiger partial charge >= 0.3 is 0 Å². The van der Waals surface area contributed by atoms with E-state index in [-0.39, 0.29) is 0 Å². The highest BCUT2D eigenvalue weighted by atomic mass is 15.3. The third kappa shape index (κ3) is 1.52. The average Bonchev–Trinajstić information content (AvgIpc) is 2.71. The second-order valence-corrected chi connectivity index (χ2v) is 4.06. The van der Waals surface area contributed by atoms with Crippen LogP contribution in [0.15, 0.2) is 24.3 Å². The van der Waals surface area contributed by atoms with Gasteiger partial charge in [0, 0.05) is 7.05 Å². The van der Waals surface area contributed by atoms with Gasteiger partial charge in [-0.3, -0.25) is 4.68 Å². The lowest BCUT2D eigenvalue weighted by Crippen LogP contribution is -1.97. The Balaban J connectivity index is 2.34. The summed E-state index contributed by atoms with van der Waals surface area (Å²) in [6, 6.07) is 2.20. The number of allylic oxidation sites excluding steroid dienone is 4. The lowest BCUT2D eigenvalue weighted by Gasteiger charge is -2.00. The van der Waals surface area contributed by atoms with Gasteiger partial charge in [-0.15, -0.1) is 0 Å². The van der Waals surface area contributed by atoms with Crippen LogP contribution in [0.4, 0.5) is 0 Å². The van der Waals surface area contributed by atoms with Crippen molar-refractivity contribution in [1.82, 2.24) is 9.78 Å². The zero-order valence-electron chi connectivity index (χ0n) is 8.99. The van der Waals surface area contributed by atoms with Crippen molar-refractivity contribution in [3.8, 4) is 0 Å². The summed E-state index contributed by atoms with van der Waals surface area (Å²) in [5, 5.41) is 4.50. The molecule has 0 spiro atoms. The van der Waals surface area contributed by atoms with Crippen molar-refractivity contribution in [1.29, 1.82) is 0 Å². The first kappa shape index (κ1) is 9.25. The Kier molecular flexibility index (Phi) is 2.28. The topological polar surface area (TPSA) is 17.8 Å². The maximum Gasteiger partial charge on any atom is 0.0656 e. The highest BCUT2D eigenvalue weighted by molar-refractivity contribution is 5.68. The normalized spacial score (nSPS) is 15.3. The quantitative estimate of drug-likeness (QED) is 0.697. The molecule has 2 rings (SSSR count). The van der Waals surface area contributed by atoms with Gasteiger partial charge in [0.25, 0.3) is 0 Å². The minimum Gasteiger partial charge on any atom is -0.268 e. The number of rotatable bonds is 2. The Labute approximate surface area is 84.9 Å². The molecule has 1 aliphatic rings. The van der Waals surface area contributed by atoms with Gasteiger partial charge in [-0.2, -0.15) is 5.10 Å². The van der Waals surface area contributed by atoms with E-state index < -0.39 is 0 Å². The van der Waals surface area contributed by atoms with Gasteiger partial charge in [0.1, 0.15) is 0 Å². The Hall–Kier alpha value is -1.31. The molecule has 14 heavy (non-hydrogen) atoms. The third-order valence-electron chi connectivity index (χ3n) is 2.59.